The van der Waals surface area contributed by atoms with Gasteiger partial charge >= 0.3 is 0 Å². The standard InChI is InChI=1S/C13H29N3O2S/c1-6-14-12(4)13-7-9-16(10-8-13)19(17,18)15(5)11(2)3/h11-14H,6-10H2,1-5H3. The molecule has 1 fully saturated rings. The highest BCUT2D eigenvalue weighted by atomic mass is 32.2. The van der Waals surface area contributed by atoms with E-state index < -0.39 is 10.2 Å². The third-order valence-electron chi connectivity index (χ3n) is 4.15. The van der Waals surface area contributed by atoms with Crippen molar-refractivity contribution in [2.75, 3.05) is 26.7 Å². The summed E-state index contributed by atoms with van der Waals surface area (Å²) in [6.45, 7) is 10.3. The topological polar surface area (TPSA) is 52.7 Å². The lowest BCUT2D eigenvalue weighted by Gasteiger charge is -2.37. The van der Waals surface area contributed by atoms with Crippen molar-refractivity contribution in [3.8, 4) is 0 Å². The van der Waals surface area contributed by atoms with Gasteiger partial charge in [-0.1, -0.05) is 6.92 Å². The summed E-state index contributed by atoms with van der Waals surface area (Å²) in [7, 11) is -1.62. The Morgan fingerprint density at radius 3 is 2.21 bits per heavy atom. The van der Waals surface area contributed by atoms with Gasteiger partial charge in [0.25, 0.3) is 10.2 Å². The summed E-state index contributed by atoms with van der Waals surface area (Å²) < 4.78 is 27.8. The van der Waals surface area contributed by atoms with Crippen LogP contribution in [0.1, 0.15) is 40.5 Å². The summed E-state index contributed by atoms with van der Waals surface area (Å²) in [6.07, 6.45) is 1.89. The summed E-state index contributed by atoms with van der Waals surface area (Å²) in [4.78, 5) is 0. The van der Waals surface area contributed by atoms with Crippen LogP contribution in [0.5, 0.6) is 0 Å². The molecule has 1 heterocycles. The molecule has 0 aliphatic carbocycles. The Balaban J connectivity index is 2.58. The molecule has 6 heteroatoms. The van der Waals surface area contributed by atoms with Crippen molar-refractivity contribution in [2.24, 2.45) is 5.92 Å². The van der Waals surface area contributed by atoms with Gasteiger partial charge in [-0.25, -0.2) is 0 Å². The predicted octanol–water partition coefficient (Wildman–Crippen LogP) is 1.28. The summed E-state index contributed by atoms with van der Waals surface area (Å²) in [5.74, 6) is 0.579. The molecule has 0 spiro atoms. The van der Waals surface area contributed by atoms with E-state index in [2.05, 4.69) is 19.2 Å². The Kier molecular flexibility index (Phi) is 6.23. The maximum atomic E-state index is 12.4. The van der Waals surface area contributed by atoms with Crippen LogP contribution < -0.4 is 5.32 Å². The molecular formula is C13H29N3O2S. The van der Waals surface area contributed by atoms with Crippen molar-refractivity contribution in [3.05, 3.63) is 0 Å². The zero-order valence-corrected chi connectivity index (χ0v) is 13.7. The Morgan fingerprint density at radius 1 is 1.26 bits per heavy atom. The fourth-order valence-electron chi connectivity index (χ4n) is 2.54. The number of hydrogen-bond donors (Lipinski definition) is 1. The Bertz CT molecular complexity index is 362. The first-order valence-corrected chi connectivity index (χ1v) is 8.66. The quantitative estimate of drug-likeness (QED) is 0.802. The van der Waals surface area contributed by atoms with E-state index in [0.717, 1.165) is 19.4 Å². The fourth-order valence-corrected chi connectivity index (χ4v) is 4.11. The molecule has 19 heavy (non-hydrogen) atoms. The molecular weight excluding hydrogens is 262 g/mol. The van der Waals surface area contributed by atoms with E-state index in [1.54, 1.807) is 11.4 Å². The highest BCUT2D eigenvalue weighted by molar-refractivity contribution is 7.86. The average molecular weight is 291 g/mol. The molecule has 1 N–H and O–H groups in total. The fraction of sp³-hybridized carbons (Fsp3) is 1.00. The molecule has 1 aliphatic rings. The predicted molar refractivity (Wildman–Crippen MR) is 79.3 cm³/mol. The van der Waals surface area contributed by atoms with E-state index in [1.165, 1.54) is 4.31 Å². The molecule has 5 nitrogen and oxygen atoms in total. The smallest absolute Gasteiger partial charge is 0.281 e. The summed E-state index contributed by atoms with van der Waals surface area (Å²) >= 11 is 0. The molecule has 0 bridgehead atoms. The van der Waals surface area contributed by atoms with Crippen molar-refractivity contribution >= 4 is 10.2 Å². The van der Waals surface area contributed by atoms with Gasteiger partial charge in [0, 0.05) is 32.2 Å². The summed E-state index contributed by atoms with van der Waals surface area (Å²) in [5, 5.41) is 3.43. The van der Waals surface area contributed by atoms with E-state index in [-0.39, 0.29) is 6.04 Å². The third kappa shape index (κ3) is 4.15. The van der Waals surface area contributed by atoms with E-state index in [1.807, 2.05) is 13.8 Å². The lowest BCUT2D eigenvalue weighted by atomic mass is 9.91. The van der Waals surface area contributed by atoms with E-state index in [4.69, 9.17) is 0 Å². The van der Waals surface area contributed by atoms with Crippen molar-refractivity contribution in [3.63, 3.8) is 0 Å². The second-order valence-electron chi connectivity index (χ2n) is 5.70. The van der Waals surface area contributed by atoms with Crippen LogP contribution in [0.25, 0.3) is 0 Å². The van der Waals surface area contributed by atoms with Crippen LogP contribution in [0.4, 0.5) is 0 Å². The largest absolute Gasteiger partial charge is 0.314 e. The van der Waals surface area contributed by atoms with Crippen molar-refractivity contribution in [1.29, 1.82) is 0 Å². The van der Waals surface area contributed by atoms with Crippen molar-refractivity contribution in [2.45, 2.75) is 52.6 Å². The molecule has 114 valence electrons. The van der Waals surface area contributed by atoms with Crippen LogP contribution in [0.3, 0.4) is 0 Å². The first kappa shape index (κ1) is 16.9. The Hall–Kier alpha value is -0.170. The normalized spacial score (nSPS) is 21.2. The minimum atomic E-state index is -3.28. The van der Waals surface area contributed by atoms with Crippen molar-refractivity contribution in [1.82, 2.24) is 13.9 Å². The molecule has 1 atom stereocenters. The van der Waals surface area contributed by atoms with Gasteiger partial charge in [-0.05, 0) is 46.1 Å². The SMILES string of the molecule is CCNC(C)C1CCN(S(=O)(=O)N(C)C(C)C)CC1. The number of piperidine rings is 1. The van der Waals surface area contributed by atoms with Gasteiger partial charge in [0.15, 0.2) is 0 Å². The van der Waals surface area contributed by atoms with Gasteiger partial charge < -0.3 is 5.32 Å². The van der Waals surface area contributed by atoms with Gasteiger partial charge in [-0.2, -0.15) is 17.0 Å². The second-order valence-corrected chi connectivity index (χ2v) is 7.69. The maximum Gasteiger partial charge on any atom is 0.281 e. The first-order valence-electron chi connectivity index (χ1n) is 7.27. The average Bonchev–Trinajstić information content (AvgIpc) is 2.38. The summed E-state index contributed by atoms with van der Waals surface area (Å²) in [6, 6.07) is 0.473. The highest BCUT2D eigenvalue weighted by Crippen LogP contribution is 2.24. The lowest BCUT2D eigenvalue weighted by Crippen LogP contribution is -2.49. The van der Waals surface area contributed by atoms with E-state index in [9.17, 15) is 8.42 Å². The Morgan fingerprint density at radius 2 is 1.79 bits per heavy atom. The molecule has 0 aromatic heterocycles. The van der Waals surface area contributed by atoms with E-state index >= 15 is 0 Å². The van der Waals surface area contributed by atoms with Crippen LogP contribution >= 0.6 is 0 Å². The zero-order chi connectivity index (χ0) is 14.6. The molecule has 0 aromatic carbocycles. The number of nitrogens with zero attached hydrogens (tertiary/aromatic N) is 2. The zero-order valence-electron chi connectivity index (χ0n) is 12.9. The third-order valence-corrected chi connectivity index (χ3v) is 6.32. The number of rotatable bonds is 6. The van der Waals surface area contributed by atoms with Gasteiger partial charge in [0.1, 0.15) is 0 Å². The summed E-state index contributed by atoms with van der Waals surface area (Å²) in [5.41, 5.74) is 0. The second kappa shape index (κ2) is 7.02. The van der Waals surface area contributed by atoms with E-state index in [0.29, 0.717) is 25.0 Å². The molecule has 1 aliphatic heterocycles. The van der Waals surface area contributed by atoms with Gasteiger partial charge in [0.2, 0.25) is 0 Å². The lowest BCUT2D eigenvalue weighted by molar-refractivity contribution is 0.220. The van der Waals surface area contributed by atoms with Crippen LogP contribution in [0.15, 0.2) is 0 Å². The maximum absolute atomic E-state index is 12.4. The molecule has 0 amide bonds. The molecule has 0 aromatic rings. The minimum Gasteiger partial charge on any atom is -0.314 e. The molecule has 0 saturated carbocycles. The van der Waals surface area contributed by atoms with Crippen LogP contribution in [0, 0.1) is 5.92 Å². The highest BCUT2D eigenvalue weighted by Gasteiger charge is 2.33. The number of nitrogens with one attached hydrogen (secondary N) is 1. The molecule has 0 radical (unpaired) electrons. The monoisotopic (exact) mass is 291 g/mol. The van der Waals surface area contributed by atoms with Crippen molar-refractivity contribution < 1.29 is 8.42 Å². The van der Waals surface area contributed by atoms with Gasteiger partial charge in [-0.15, -0.1) is 0 Å². The molecule has 1 saturated heterocycles. The van der Waals surface area contributed by atoms with Gasteiger partial charge in [0.05, 0.1) is 0 Å². The van der Waals surface area contributed by atoms with Crippen LogP contribution in [0.2, 0.25) is 0 Å². The Labute approximate surface area is 118 Å². The number of hydrogen-bond acceptors (Lipinski definition) is 3. The molecule has 1 rings (SSSR count). The van der Waals surface area contributed by atoms with Crippen LogP contribution in [-0.4, -0.2) is 55.8 Å². The molecule has 1 unspecified atom stereocenters. The van der Waals surface area contributed by atoms with Crippen LogP contribution in [-0.2, 0) is 10.2 Å². The van der Waals surface area contributed by atoms with Gasteiger partial charge in [-0.3, -0.25) is 0 Å². The first-order chi connectivity index (χ1) is 8.80. The minimum absolute atomic E-state index is 0.00315.